The summed E-state index contributed by atoms with van der Waals surface area (Å²) in [7, 11) is 0. The first kappa shape index (κ1) is 13.5. The maximum Gasteiger partial charge on any atom is 0.0993 e. The van der Waals surface area contributed by atoms with Gasteiger partial charge in [-0.3, -0.25) is 4.99 Å². The van der Waals surface area contributed by atoms with Crippen LogP contribution in [0, 0.1) is 11.3 Å². The van der Waals surface area contributed by atoms with Crippen molar-refractivity contribution in [1.82, 2.24) is 4.90 Å². The molecule has 0 saturated heterocycles. The van der Waals surface area contributed by atoms with Crippen molar-refractivity contribution < 1.29 is 0 Å². The molecule has 2 N–H and O–H groups in total. The van der Waals surface area contributed by atoms with Crippen molar-refractivity contribution in [3.8, 4) is 0 Å². The van der Waals surface area contributed by atoms with Gasteiger partial charge in [-0.1, -0.05) is 27.7 Å². The standard InChI is InChI=1S/C13H27N3/c1-11(10-13(2,3)4)9-12-15-6-8-16(12)7-5-14/h11H,5-10,14H2,1-4H3. The van der Waals surface area contributed by atoms with E-state index in [1.807, 2.05) is 0 Å². The molecule has 0 spiro atoms. The van der Waals surface area contributed by atoms with Gasteiger partial charge in [0.05, 0.1) is 12.4 Å². The average Bonchev–Trinajstić information content (AvgIpc) is 2.50. The zero-order chi connectivity index (χ0) is 12.2. The predicted molar refractivity (Wildman–Crippen MR) is 70.8 cm³/mol. The molecule has 3 nitrogen and oxygen atoms in total. The summed E-state index contributed by atoms with van der Waals surface area (Å²) in [5.41, 5.74) is 6.02. The van der Waals surface area contributed by atoms with Crippen molar-refractivity contribution in [1.29, 1.82) is 0 Å². The van der Waals surface area contributed by atoms with E-state index in [9.17, 15) is 0 Å². The Kier molecular flexibility index (Phi) is 4.78. The highest BCUT2D eigenvalue weighted by Crippen LogP contribution is 2.27. The number of hydrogen-bond acceptors (Lipinski definition) is 3. The zero-order valence-electron chi connectivity index (χ0n) is 11.3. The van der Waals surface area contributed by atoms with E-state index in [1.165, 1.54) is 12.3 Å². The Morgan fingerprint density at radius 2 is 2.12 bits per heavy atom. The molecule has 0 fully saturated rings. The van der Waals surface area contributed by atoms with Gasteiger partial charge in [0, 0.05) is 26.1 Å². The van der Waals surface area contributed by atoms with Gasteiger partial charge in [0.1, 0.15) is 0 Å². The lowest BCUT2D eigenvalue weighted by atomic mass is 9.84. The van der Waals surface area contributed by atoms with E-state index in [4.69, 9.17) is 5.73 Å². The molecule has 1 unspecified atom stereocenters. The third-order valence-corrected chi connectivity index (χ3v) is 2.92. The smallest absolute Gasteiger partial charge is 0.0993 e. The number of hydrogen-bond donors (Lipinski definition) is 1. The Balaban J connectivity index is 2.41. The van der Waals surface area contributed by atoms with Gasteiger partial charge in [-0.2, -0.15) is 0 Å². The van der Waals surface area contributed by atoms with Gasteiger partial charge in [-0.15, -0.1) is 0 Å². The van der Waals surface area contributed by atoms with Crippen molar-refractivity contribution in [2.45, 2.75) is 40.5 Å². The quantitative estimate of drug-likeness (QED) is 0.778. The normalized spacial score (nSPS) is 18.8. The van der Waals surface area contributed by atoms with Crippen molar-refractivity contribution in [3.05, 3.63) is 0 Å². The van der Waals surface area contributed by atoms with Crippen LogP contribution in [0.25, 0.3) is 0 Å². The lowest BCUT2D eigenvalue weighted by molar-refractivity contribution is 0.307. The molecule has 94 valence electrons. The highest BCUT2D eigenvalue weighted by Gasteiger charge is 2.21. The second-order valence-corrected chi connectivity index (χ2v) is 6.15. The number of nitrogens with zero attached hydrogens (tertiary/aromatic N) is 2. The van der Waals surface area contributed by atoms with Crippen LogP contribution in [0.4, 0.5) is 0 Å². The maximum absolute atomic E-state index is 5.61. The van der Waals surface area contributed by atoms with Gasteiger partial charge >= 0.3 is 0 Å². The molecule has 1 aliphatic rings. The van der Waals surface area contributed by atoms with Gasteiger partial charge in [0.2, 0.25) is 0 Å². The van der Waals surface area contributed by atoms with Crippen molar-refractivity contribution in [2.24, 2.45) is 22.1 Å². The van der Waals surface area contributed by atoms with Crippen LogP contribution in [0.3, 0.4) is 0 Å². The summed E-state index contributed by atoms with van der Waals surface area (Å²) in [5, 5.41) is 0. The molecule has 0 aromatic rings. The number of nitrogens with two attached hydrogens (primary N) is 1. The van der Waals surface area contributed by atoms with Gasteiger partial charge < -0.3 is 10.6 Å². The second-order valence-electron chi connectivity index (χ2n) is 6.15. The number of amidine groups is 1. The Morgan fingerprint density at radius 3 is 2.69 bits per heavy atom. The minimum atomic E-state index is 0.414. The number of rotatable bonds is 5. The Hall–Kier alpha value is -0.570. The van der Waals surface area contributed by atoms with Crippen molar-refractivity contribution in [3.63, 3.8) is 0 Å². The molecule has 1 rings (SSSR count). The zero-order valence-corrected chi connectivity index (χ0v) is 11.3. The van der Waals surface area contributed by atoms with E-state index in [1.54, 1.807) is 0 Å². The van der Waals surface area contributed by atoms with E-state index in [0.717, 1.165) is 32.6 Å². The molecule has 3 heteroatoms. The maximum atomic E-state index is 5.61. The fourth-order valence-corrected chi connectivity index (χ4v) is 2.55. The molecular weight excluding hydrogens is 198 g/mol. The highest BCUT2D eigenvalue weighted by atomic mass is 15.2. The van der Waals surface area contributed by atoms with Crippen LogP contribution < -0.4 is 5.73 Å². The lowest BCUT2D eigenvalue weighted by Crippen LogP contribution is -2.33. The van der Waals surface area contributed by atoms with Gasteiger partial charge in [0.15, 0.2) is 0 Å². The van der Waals surface area contributed by atoms with Crippen LogP contribution in [-0.2, 0) is 0 Å². The van der Waals surface area contributed by atoms with Crippen LogP contribution >= 0.6 is 0 Å². The van der Waals surface area contributed by atoms with Gasteiger partial charge in [-0.05, 0) is 17.8 Å². The molecule has 16 heavy (non-hydrogen) atoms. The van der Waals surface area contributed by atoms with Crippen LogP contribution in [0.1, 0.15) is 40.5 Å². The average molecular weight is 225 g/mol. The molecule has 0 saturated carbocycles. The van der Waals surface area contributed by atoms with Crippen LogP contribution in [0.15, 0.2) is 4.99 Å². The SMILES string of the molecule is CC(CC1=NCCN1CCN)CC(C)(C)C. The van der Waals surface area contributed by atoms with E-state index in [2.05, 4.69) is 37.6 Å². The lowest BCUT2D eigenvalue weighted by Gasteiger charge is -2.26. The van der Waals surface area contributed by atoms with E-state index < -0.39 is 0 Å². The first-order valence-corrected chi connectivity index (χ1v) is 6.41. The van der Waals surface area contributed by atoms with Crippen molar-refractivity contribution >= 4 is 5.84 Å². The predicted octanol–water partition coefficient (Wildman–Crippen LogP) is 2.12. The van der Waals surface area contributed by atoms with E-state index in [-0.39, 0.29) is 0 Å². The minimum Gasteiger partial charge on any atom is -0.357 e. The third-order valence-electron chi connectivity index (χ3n) is 2.92. The summed E-state index contributed by atoms with van der Waals surface area (Å²) >= 11 is 0. The summed E-state index contributed by atoms with van der Waals surface area (Å²) in [6.07, 6.45) is 2.36. The summed E-state index contributed by atoms with van der Waals surface area (Å²) < 4.78 is 0. The summed E-state index contributed by atoms with van der Waals surface area (Å²) in [6.45, 7) is 12.9. The molecular formula is C13H27N3. The molecule has 1 aliphatic heterocycles. The Morgan fingerprint density at radius 1 is 1.44 bits per heavy atom. The fraction of sp³-hybridized carbons (Fsp3) is 0.923. The monoisotopic (exact) mass is 225 g/mol. The Bertz CT molecular complexity index is 240. The summed E-state index contributed by atoms with van der Waals surface area (Å²) in [4.78, 5) is 6.94. The summed E-state index contributed by atoms with van der Waals surface area (Å²) in [6, 6.07) is 0. The molecule has 1 atom stereocenters. The first-order chi connectivity index (χ1) is 7.42. The molecule has 0 aromatic carbocycles. The van der Waals surface area contributed by atoms with Gasteiger partial charge in [-0.25, -0.2) is 0 Å². The molecule has 0 aromatic heterocycles. The third kappa shape index (κ3) is 4.52. The Labute approximate surface area is 100 Å². The van der Waals surface area contributed by atoms with E-state index in [0.29, 0.717) is 11.3 Å². The molecule has 1 heterocycles. The van der Waals surface area contributed by atoms with E-state index >= 15 is 0 Å². The number of aliphatic imine (C=N–C) groups is 1. The largest absolute Gasteiger partial charge is 0.357 e. The first-order valence-electron chi connectivity index (χ1n) is 6.41. The molecule has 0 aliphatic carbocycles. The molecule has 0 bridgehead atoms. The summed E-state index contributed by atoms with van der Waals surface area (Å²) in [5.74, 6) is 1.99. The van der Waals surface area contributed by atoms with Crippen LogP contribution in [-0.4, -0.2) is 36.9 Å². The topological polar surface area (TPSA) is 41.6 Å². The highest BCUT2D eigenvalue weighted by molar-refractivity contribution is 5.83. The van der Waals surface area contributed by atoms with Crippen LogP contribution in [0.5, 0.6) is 0 Å². The molecule has 0 amide bonds. The molecule has 0 radical (unpaired) electrons. The van der Waals surface area contributed by atoms with Gasteiger partial charge in [0.25, 0.3) is 0 Å². The fourth-order valence-electron chi connectivity index (χ4n) is 2.55. The van der Waals surface area contributed by atoms with Crippen LogP contribution in [0.2, 0.25) is 0 Å². The van der Waals surface area contributed by atoms with Crippen molar-refractivity contribution in [2.75, 3.05) is 26.2 Å². The minimum absolute atomic E-state index is 0.414. The second kappa shape index (κ2) is 5.67.